The number of likely N-dealkylation sites (tertiary alicyclic amines) is 1. The Bertz CT molecular complexity index is 269. The number of hydrogen-bond donors (Lipinski definition) is 0. The lowest BCUT2D eigenvalue weighted by Crippen LogP contribution is -2.46. The van der Waals surface area contributed by atoms with Crippen molar-refractivity contribution in [2.24, 2.45) is 11.8 Å². The summed E-state index contributed by atoms with van der Waals surface area (Å²) in [4.78, 5) is 13.9. The van der Waals surface area contributed by atoms with E-state index < -0.39 is 5.92 Å². The van der Waals surface area contributed by atoms with Crippen LogP contribution in [0.5, 0.6) is 0 Å². The van der Waals surface area contributed by atoms with Crippen molar-refractivity contribution in [1.82, 2.24) is 4.90 Å². The maximum atomic E-state index is 12.0. The van der Waals surface area contributed by atoms with Gasteiger partial charge in [0.15, 0.2) is 0 Å². The minimum atomic E-state index is -0.444. The monoisotopic (exact) mass is 208 g/mol. The minimum Gasteiger partial charge on any atom is -0.339 e. The number of carbonyl (C=O) groups is 1. The third-order valence-electron chi connectivity index (χ3n) is 3.28. The van der Waals surface area contributed by atoms with Crippen LogP contribution in [0.15, 0.2) is 0 Å². The molecule has 1 saturated heterocycles. The van der Waals surface area contributed by atoms with E-state index in [0.717, 1.165) is 19.4 Å². The Morgan fingerprint density at radius 1 is 1.60 bits per heavy atom. The van der Waals surface area contributed by atoms with Crippen molar-refractivity contribution in [3.05, 3.63) is 0 Å². The molecule has 0 radical (unpaired) electrons. The normalized spacial score (nSPS) is 28.3. The van der Waals surface area contributed by atoms with Gasteiger partial charge in [-0.1, -0.05) is 13.8 Å². The molecule has 0 spiro atoms. The number of carbonyl (C=O) groups excluding carboxylic acids is 1. The van der Waals surface area contributed by atoms with E-state index in [-0.39, 0.29) is 5.91 Å². The average Bonchev–Trinajstić information content (AvgIpc) is 2.19. The second-order valence-corrected chi connectivity index (χ2v) is 4.60. The molecule has 0 N–H and O–H groups in total. The number of rotatable bonds is 2. The average molecular weight is 208 g/mol. The molecule has 0 aromatic rings. The number of amides is 1. The molecule has 1 aliphatic heterocycles. The van der Waals surface area contributed by atoms with Crippen LogP contribution in [0.25, 0.3) is 0 Å². The zero-order chi connectivity index (χ0) is 11.4. The topological polar surface area (TPSA) is 44.1 Å². The molecule has 0 aliphatic carbocycles. The molecule has 1 heterocycles. The smallest absolute Gasteiger partial charge is 0.240 e. The molecular formula is C12H20N2O. The first-order valence-electron chi connectivity index (χ1n) is 5.80. The van der Waals surface area contributed by atoms with Crippen LogP contribution in [0.2, 0.25) is 0 Å². The van der Waals surface area contributed by atoms with E-state index >= 15 is 0 Å². The van der Waals surface area contributed by atoms with Crippen LogP contribution < -0.4 is 0 Å². The molecular weight excluding hydrogens is 188 g/mol. The second-order valence-electron chi connectivity index (χ2n) is 4.60. The van der Waals surface area contributed by atoms with Gasteiger partial charge < -0.3 is 4.90 Å². The summed E-state index contributed by atoms with van der Waals surface area (Å²) >= 11 is 0. The highest BCUT2D eigenvalue weighted by molar-refractivity contribution is 5.81. The molecule has 3 heteroatoms. The molecule has 0 saturated carbocycles. The van der Waals surface area contributed by atoms with Crippen molar-refractivity contribution < 1.29 is 4.79 Å². The largest absolute Gasteiger partial charge is 0.339 e. The first kappa shape index (κ1) is 12.0. The number of nitrogens with zero attached hydrogens (tertiary/aromatic N) is 2. The lowest BCUT2D eigenvalue weighted by atomic mass is 9.92. The fraction of sp³-hybridized carbons (Fsp3) is 0.833. The molecule has 0 bridgehead atoms. The van der Waals surface area contributed by atoms with Crippen molar-refractivity contribution in [1.29, 1.82) is 5.26 Å². The number of hydrogen-bond acceptors (Lipinski definition) is 2. The van der Waals surface area contributed by atoms with E-state index in [9.17, 15) is 4.79 Å². The Kier molecular flexibility index (Phi) is 4.14. The van der Waals surface area contributed by atoms with Gasteiger partial charge in [-0.15, -0.1) is 0 Å². The van der Waals surface area contributed by atoms with E-state index in [0.29, 0.717) is 18.4 Å². The molecule has 1 fully saturated rings. The molecule has 3 nitrogen and oxygen atoms in total. The molecule has 3 atom stereocenters. The summed E-state index contributed by atoms with van der Waals surface area (Å²) in [5.74, 6) is 0.284. The molecule has 1 rings (SSSR count). The number of piperidine rings is 1. The highest BCUT2D eigenvalue weighted by Gasteiger charge is 2.30. The van der Waals surface area contributed by atoms with Crippen LogP contribution in [0.1, 0.15) is 40.0 Å². The van der Waals surface area contributed by atoms with E-state index in [2.05, 4.69) is 19.9 Å². The SMILES string of the molecule is CCC(C#N)C(=O)N1CCC(C)CC1C. The maximum absolute atomic E-state index is 12.0. The third kappa shape index (κ3) is 2.71. The van der Waals surface area contributed by atoms with Gasteiger partial charge in [0.2, 0.25) is 5.91 Å². The van der Waals surface area contributed by atoms with Gasteiger partial charge >= 0.3 is 0 Å². The fourth-order valence-corrected chi connectivity index (χ4v) is 2.26. The Labute approximate surface area is 92.1 Å². The van der Waals surface area contributed by atoms with Gasteiger partial charge in [-0.05, 0) is 32.1 Å². The molecule has 0 aromatic heterocycles. The predicted octanol–water partition coefficient (Wildman–Crippen LogP) is 2.18. The Morgan fingerprint density at radius 3 is 2.73 bits per heavy atom. The standard InChI is InChI=1S/C12H20N2O/c1-4-11(8-13)12(15)14-6-5-9(2)7-10(14)3/h9-11H,4-7H2,1-3H3. The minimum absolute atomic E-state index is 0.0272. The summed E-state index contributed by atoms with van der Waals surface area (Å²) in [6, 6.07) is 2.38. The van der Waals surface area contributed by atoms with Crippen LogP contribution in [0.3, 0.4) is 0 Å². The molecule has 15 heavy (non-hydrogen) atoms. The second kappa shape index (κ2) is 5.16. The van der Waals surface area contributed by atoms with E-state index in [1.807, 2.05) is 11.8 Å². The molecule has 3 unspecified atom stereocenters. The number of nitriles is 1. The lowest BCUT2D eigenvalue weighted by molar-refractivity contribution is -0.137. The lowest BCUT2D eigenvalue weighted by Gasteiger charge is -2.37. The van der Waals surface area contributed by atoms with E-state index in [4.69, 9.17) is 5.26 Å². The fourth-order valence-electron chi connectivity index (χ4n) is 2.26. The first-order valence-corrected chi connectivity index (χ1v) is 5.80. The summed E-state index contributed by atoms with van der Waals surface area (Å²) in [5, 5.41) is 8.87. The van der Waals surface area contributed by atoms with Gasteiger partial charge in [-0.2, -0.15) is 5.26 Å². The summed E-state index contributed by atoms with van der Waals surface area (Å²) in [6.45, 7) is 7.01. The molecule has 1 aliphatic rings. The van der Waals surface area contributed by atoms with Crippen molar-refractivity contribution >= 4 is 5.91 Å². The zero-order valence-corrected chi connectivity index (χ0v) is 9.86. The predicted molar refractivity (Wildman–Crippen MR) is 59.0 cm³/mol. The van der Waals surface area contributed by atoms with Gasteiger partial charge in [0.1, 0.15) is 5.92 Å². The van der Waals surface area contributed by atoms with Crippen LogP contribution in [0.4, 0.5) is 0 Å². The van der Waals surface area contributed by atoms with Crippen molar-refractivity contribution in [2.45, 2.75) is 46.1 Å². The summed E-state index contributed by atoms with van der Waals surface area (Å²) in [7, 11) is 0. The highest BCUT2D eigenvalue weighted by Crippen LogP contribution is 2.24. The van der Waals surface area contributed by atoms with Crippen molar-refractivity contribution in [3.8, 4) is 6.07 Å². The Morgan fingerprint density at radius 2 is 2.27 bits per heavy atom. The van der Waals surface area contributed by atoms with Crippen LogP contribution in [-0.2, 0) is 4.79 Å². The van der Waals surface area contributed by atoms with E-state index in [1.54, 1.807) is 0 Å². The van der Waals surface area contributed by atoms with Crippen molar-refractivity contribution in [2.75, 3.05) is 6.54 Å². The summed E-state index contributed by atoms with van der Waals surface area (Å²) < 4.78 is 0. The molecule has 84 valence electrons. The van der Waals surface area contributed by atoms with Gasteiger partial charge in [-0.3, -0.25) is 4.79 Å². The van der Waals surface area contributed by atoms with Crippen LogP contribution in [0, 0.1) is 23.2 Å². The molecule has 1 amide bonds. The summed E-state index contributed by atoms with van der Waals surface area (Å²) in [6.07, 6.45) is 2.75. The van der Waals surface area contributed by atoms with Gasteiger partial charge in [0.05, 0.1) is 6.07 Å². The summed E-state index contributed by atoms with van der Waals surface area (Å²) in [5.41, 5.74) is 0. The van der Waals surface area contributed by atoms with Gasteiger partial charge in [-0.25, -0.2) is 0 Å². The third-order valence-corrected chi connectivity index (χ3v) is 3.28. The van der Waals surface area contributed by atoms with Crippen molar-refractivity contribution in [3.63, 3.8) is 0 Å². The Balaban J connectivity index is 2.64. The van der Waals surface area contributed by atoms with Gasteiger partial charge in [0.25, 0.3) is 0 Å². The van der Waals surface area contributed by atoms with E-state index in [1.165, 1.54) is 0 Å². The van der Waals surface area contributed by atoms with Crippen LogP contribution in [-0.4, -0.2) is 23.4 Å². The highest BCUT2D eigenvalue weighted by atomic mass is 16.2. The molecule has 0 aromatic carbocycles. The van der Waals surface area contributed by atoms with Crippen LogP contribution >= 0.6 is 0 Å². The van der Waals surface area contributed by atoms with Gasteiger partial charge in [0, 0.05) is 12.6 Å². The quantitative estimate of drug-likeness (QED) is 0.698. The first-order chi connectivity index (χ1) is 7.10. The Hall–Kier alpha value is -1.04. The zero-order valence-electron chi connectivity index (χ0n) is 9.86. The maximum Gasteiger partial charge on any atom is 0.240 e.